The number of nitrogens with one attached hydrogen (secondary N) is 1. The van der Waals surface area contributed by atoms with Gasteiger partial charge in [-0.3, -0.25) is 4.79 Å². The van der Waals surface area contributed by atoms with Crippen molar-refractivity contribution in [3.63, 3.8) is 0 Å². The molecule has 2 aromatic carbocycles. The molecule has 1 aromatic heterocycles. The molecule has 1 N–H and O–H groups in total. The number of amides is 1. The molecule has 1 aliphatic rings. The Labute approximate surface area is 188 Å². The van der Waals surface area contributed by atoms with Gasteiger partial charge in [-0.15, -0.1) is 0 Å². The number of hydrogen-bond acceptors (Lipinski definition) is 3. The minimum atomic E-state index is -4.79. The molecule has 0 atom stereocenters. The number of carbonyl (C=O) groups excluding carboxylic acids is 1. The van der Waals surface area contributed by atoms with Crippen molar-refractivity contribution < 1.29 is 27.1 Å². The largest absolute Gasteiger partial charge is 0.434 e. The lowest BCUT2D eigenvalue weighted by Gasteiger charge is -2.38. The second kappa shape index (κ2) is 8.97. The maximum atomic E-state index is 13.9. The first-order valence-corrected chi connectivity index (χ1v) is 10.5. The lowest BCUT2D eigenvalue weighted by atomic mass is 9.74. The molecule has 1 saturated heterocycles. The van der Waals surface area contributed by atoms with Crippen molar-refractivity contribution in [1.82, 2.24) is 15.1 Å². The Morgan fingerprint density at radius 3 is 2.33 bits per heavy atom. The summed E-state index contributed by atoms with van der Waals surface area (Å²) in [6.45, 7) is 2.79. The molecule has 0 unspecified atom stereocenters. The molecule has 0 bridgehead atoms. The highest BCUT2D eigenvalue weighted by molar-refractivity contribution is 5.95. The predicted molar refractivity (Wildman–Crippen MR) is 114 cm³/mol. The Morgan fingerprint density at radius 1 is 1.09 bits per heavy atom. The average molecular weight is 461 g/mol. The standard InChI is InChI=1S/C24H23F4N3O2/c1-16-2-8-19(9-3-16)31-21(24(26,27)28)20(14-30-31)22(32)29-15-23(10-12-33-13-11-23)17-4-6-18(25)7-5-17/h2-9,14H,10-13,15H2,1H3,(H,29,32). The van der Waals surface area contributed by atoms with Crippen LogP contribution in [0, 0.1) is 12.7 Å². The van der Waals surface area contributed by atoms with Gasteiger partial charge in [0.1, 0.15) is 5.82 Å². The molecule has 0 spiro atoms. The van der Waals surface area contributed by atoms with Crippen LogP contribution in [-0.2, 0) is 16.3 Å². The summed E-state index contributed by atoms with van der Waals surface area (Å²) in [4.78, 5) is 12.9. The van der Waals surface area contributed by atoms with Gasteiger partial charge in [-0.05, 0) is 49.6 Å². The quantitative estimate of drug-likeness (QED) is 0.555. The van der Waals surface area contributed by atoms with Crippen LogP contribution in [-0.4, -0.2) is 35.4 Å². The van der Waals surface area contributed by atoms with Crippen LogP contribution in [0.25, 0.3) is 5.69 Å². The molecular formula is C24H23F4N3O2. The van der Waals surface area contributed by atoms with Crippen LogP contribution >= 0.6 is 0 Å². The number of aryl methyl sites for hydroxylation is 1. The summed E-state index contributed by atoms with van der Waals surface area (Å²) in [7, 11) is 0. The van der Waals surface area contributed by atoms with Gasteiger partial charge in [-0.1, -0.05) is 29.8 Å². The third kappa shape index (κ3) is 4.78. The molecule has 1 fully saturated rings. The molecule has 1 amide bonds. The smallest absolute Gasteiger partial charge is 0.381 e. The predicted octanol–water partition coefficient (Wildman–Crippen LogP) is 4.82. The Bertz CT molecular complexity index is 1120. The normalized spacial score (nSPS) is 15.9. The number of aromatic nitrogens is 2. The van der Waals surface area contributed by atoms with E-state index in [1.54, 1.807) is 24.3 Å². The molecule has 33 heavy (non-hydrogen) atoms. The van der Waals surface area contributed by atoms with Gasteiger partial charge in [-0.2, -0.15) is 18.3 Å². The number of hydrogen-bond donors (Lipinski definition) is 1. The third-order valence-electron chi connectivity index (χ3n) is 6.05. The van der Waals surface area contributed by atoms with Crippen LogP contribution in [0.3, 0.4) is 0 Å². The van der Waals surface area contributed by atoms with Crippen LogP contribution in [0.5, 0.6) is 0 Å². The van der Waals surface area contributed by atoms with Crippen molar-refractivity contribution in [2.45, 2.75) is 31.4 Å². The summed E-state index contributed by atoms with van der Waals surface area (Å²) < 4.78 is 61.4. The number of halogens is 4. The van der Waals surface area contributed by atoms with Gasteiger partial charge in [-0.25, -0.2) is 9.07 Å². The highest BCUT2D eigenvalue weighted by Gasteiger charge is 2.41. The molecule has 0 aliphatic carbocycles. The van der Waals surface area contributed by atoms with E-state index in [2.05, 4.69) is 10.4 Å². The molecule has 174 valence electrons. The Kier molecular flexibility index (Phi) is 6.25. The van der Waals surface area contributed by atoms with Gasteiger partial charge in [0.05, 0.1) is 17.4 Å². The summed E-state index contributed by atoms with van der Waals surface area (Å²) >= 11 is 0. The maximum absolute atomic E-state index is 13.9. The number of ether oxygens (including phenoxy) is 1. The molecule has 3 aromatic rings. The number of benzene rings is 2. The van der Waals surface area contributed by atoms with Crippen LogP contribution < -0.4 is 5.32 Å². The molecule has 0 saturated carbocycles. The van der Waals surface area contributed by atoms with Crippen molar-refractivity contribution in [3.8, 4) is 5.69 Å². The topological polar surface area (TPSA) is 56.2 Å². The van der Waals surface area contributed by atoms with Gasteiger partial charge in [0.2, 0.25) is 0 Å². The summed E-state index contributed by atoms with van der Waals surface area (Å²) in [5.41, 5.74) is -0.346. The van der Waals surface area contributed by atoms with Gasteiger partial charge in [0, 0.05) is 25.2 Å². The van der Waals surface area contributed by atoms with Crippen LogP contribution in [0.1, 0.15) is 40.0 Å². The molecule has 0 radical (unpaired) electrons. The summed E-state index contributed by atoms with van der Waals surface area (Å²) in [6.07, 6.45) is -2.75. The van der Waals surface area contributed by atoms with Crippen molar-refractivity contribution in [2.24, 2.45) is 0 Å². The van der Waals surface area contributed by atoms with Crippen LogP contribution in [0.4, 0.5) is 17.6 Å². The molecule has 4 rings (SSSR count). The highest BCUT2D eigenvalue weighted by atomic mass is 19.4. The van der Waals surface area contributed by atoms with Gasteiger partial charge < -0.3 is 10.1 Å². The van der Waals surface area contributed by atoms with E-state index < -0.39 is 28.8 Å². The summed E-state index contributed by atoms with van der Waals surface area (Å²) in [5.74, 6) is -1.25. The van der Waals surface area contributed by atoms with Crippen molar-refractivity contribution in [2.75, 3.05) is 19.8 Å². The fourth-order valence-electron chi connectivity index (χ4n) is 4.15. The fourth-order valence-corrected chi connectivity index (χ4v) is 4.15. The lowest BCUT2D eigenvalue weighted by Crippen LogP contribution is -2.44. The second-order valence-electron chi connectivity index (χ2n) is 8.23. The minimum absolute atomic E-state index is 0.0911. The summed E-state index contributed by atoms with van der Waals surface area (Å²) in [5, 5.41) is 6.53. The molecule has 9 heteroatoms. The van der Waals surface area contributed by atoms with Crippen molar-refractivity contribution in [1.29, 1.82) is 0 Å². The Morgan fingerprint density at radius 2 is 1.73 bits per heavy atom. The zero-order chi connectivity index (χ0) is 23.6. The zero-order valence-electron chi connectivity index (χ0n) is 18.0. The number of alkyl halides is 3. The number of carbonyl (C=O) groups is 1. The van der Waals surface area contributed by atoms with Crippen LogP contribution in [0.15, 0.2) is 54.7 Å². The van der Waals surface area contributed by atoms with E-state index in [0.29, 0.717) is 26.1 Å². The first-order valence-electron chi connectivity index (χ1n) is 10.5. The average Bonchev–Trinajstić information content (AvgIpc) is 3.25. The third-order valence-corrected chi connectivity index (χ3v) is 6.05. The van der Waals surface area contributed by atoms with Gasteiger partial charge >= 0.3 is 6.18 Å². The minimum Gasteiger partial charge on any atom is -0.381 e. The van der Waals surface area contributed by atoms with Gasteiger partial charge in [0.15, 0.2) is 5.69 Å². The molecular weight excluding hydrogens is 438 g/mol. The van der Waals surface area contributed by atoms with E-state index in [1.807, 2.05) is 6.92 Å². The van der Waals surface area contributed by atoms with E-state index in [9.17, 15) is 22.4 Å². The van der Waals surface area contributed by atoms with E-state index in [1.165, 1.54) is 24.3 Å². The molecule has 5 nitrogen and oxygen atoms in total. The molecule has 2 heterocycles. The van der Waals surface area contributed by atoms with E-state index in [4.69, 9.17) is 4.74 Å². The lowest BCUT2D eigenvalue weighted by molar-refractivity contribution is -0.143. The highest BCUT2D eigenvalue weighted by Crippen LogP contribution is 2.36. The van der Waals surface area contributed by atoms with E-state index >= 15 is 0 Å². The monoisotopic (exact) mass is 461 g/mol. The first kappa shape index (κ1) is 23.0. The fraction of sp³-hybridized carbons (Fsp3) is 0.333. The van der Waals surface area contributed by atoms with Crippen molar-refractivity contribution >= 4 is 5.91 Å². The molecule has 1 aliphatic heterocycles. The zero-order valence-corrected chi connectivity index (χ0v) is 18.0. The second-order valence-corrected chi connectivity index (χ2v) is 8.23. The van der Waals surface area contributed by atoms with Crippen LogP contribution in [0.2, 0.25) is 0 Å². The first-order chi connectivity index (χ1) is 15.7. The Hall–Kier alpha value is -3.20. The summed E-state index contributed by atoms with van der Waals surface area (Å²) in [6, 6.07) is 12.3. The van der Waals surface area contributed by atoms with Gasteiger partial charge in [0.25, 0.3) is 5.91 Å². The van der Waals surface area contributed by atoms with Crippen molar-refractivity contribution in [3.05, 3.63) is 82.9 Å². The Balaban J connectivity index is 1.62. The maximum Gasteiger partial charge on any atom is 0.434 e. The number of rotatable bonds is 5. The van der Waals surface area contributed by atoms with E-state index in [0.717, 1.165) is 22.0 Å². The number of nitrogens with zero attached hydrogens (tertiary/aromatic N) is 2. The van der Waals surface area contributed by atoms with E-state index in [-0.39, 0.29) is 18.0 Å². The SMILES string of the molecule is Cc1ccc(-n2ncc(C(=O)NCC3(c4ccc(F)cc4)CCOCC3)c2C(F)(F)F)cc1.